The molecule has 23 heavy (non-hydrogen) atoms. The van der Waals surface area contributed by atoms with Crippen molar-refractivity contribution < 1.29 is 14.3 Å². The Morgan fingerprint density at radius 1 is 1.00 bits per heavy atom. The average molecular weight is 311 g/mol. The van der Waals surface area contributed by atoms with E-state index in [1.165, 1.54) is 11.1 Å². The van der Waals surface area contributed by atoms with Crippen LogP contribution < -0.4 is 4.90 Å². The van der Waals surface area contributed by atoms with Gasteiger partial charge < -0.3 is 14.4 Å². The summed E-state index contributed by atoms with van der Waals surface area (Å²) in [4.78, 5) is 14.2. The van der Waals surface area contributed by atoms with E-state index in [1.807, 2.05) is 30.3 Å². The summed E-state index contributed by atoms with van der Waals surface area (Å²) < 4.78 is 10.7. The van der Waals surface area contributed by atoms with E-state index in [0.717, 1.165) is 12.1 Å². The second-order valence-electron chi connectivity index (χ2n) is 5.71. The van der Waals surface area contributed by atoms with Crippen LogP contribution in [-0.2, 0) is 20.7 Å². The van der Waals surface area contributed by atoms with Crippen LogP contribution in [0.25, 0.3) is 0 Å². The first-order valence-electron chi connectivity index (χ1n) is 7.72. The number of ether oxygens (including phenoxy) is 2. The van der Waals surface area contributed by atoms with Crippen LogP contribution in [0.3, 0.4) is 0 Å². The van der Waals surface area contributed by atoms with Crippen molar-refractivity contribution in [1.82, 2.24) is 0 Å². The van der Waals surface area contributed by atoms with E-state index in [1.54, 1.807) is 19.1 Å². The molecule has 120 valence electrons. The normalized spacial score (nSPS) is 21.0. The second-order valence-corrected chi connectivity index (χ2v) is 5.71. The molecule has 2 aromatic carbocycles. The van der Waals surface area contributed by atoms with Crippen LogP contribution >= 0.6 is 0 Å². The van der Waals surface area contributed by atoms with Gasteiger partial charge in [-0.3, -0.25) is 4.79 Å². The first kappa shape index (κ1) is 15.7. The standard InChI is InChI=1S/C19H21NO3/c1-22-17-13-20(19(21)18(17)23-2)16-10-6-9-15(12-16)11-14-7-4-3-5-8-14/h3-10,12,17-18H,11,13H2,1-2H3/t17-,18-/m1/s1. The molecule has 0 bridgehead atoms. The van der Waals surface area contributed by atoms with Crippen LogP contribution in [0.1, 0.15) is 11.1 Å². The zero-order valence-corrected chi connectivity index (χ0v) is 13.4. The summed E-state index contributed by atoms with van der Waals surface area (Å²) in [5.41, 5.74) is 3.32. The Morgan fingerprint density at radius 3 is 2.39 bits per heavy atom. The summed E-state index contributed by atoms with van der Waals surface area (Å²) in [6.45, 7) is 0.516. The van der Waals surface area contributed by atoms with Gasteiger partial charge >= 0.3 is 0 Å². The van der Waals surface area contributed by atoms with Gasteiger partial charge in [-0.25, -0.2) is 0 Å². The van der Waals surface area contributed by atoms with E-state index < -0.39 is 6.10 Å². The van der Waals surface area contributed by atoms with E-state index in [0.29, 0.717) is 6.54 Å². The zero-order chi connectivity index (χ0) is 16.2. The fourth-order valence-corrected chi connectivity index (χ4v) is 3.03. The van der Waals surface area contributed by atoms with Crippen molar-refractivity contribution in [2.24, 2.45) is 0 Å². The molecular weight excluding hydrogens is 290 g/mol. The highest BCUT2D eigenvalue weighted by Gasteiger charge is 2.41. The molecule has 1 aliphatic heterocycles. The minimum Gasteiger partial charge on any atom is -0.376 e. The minimum absolute atomic E-state index is 0.0452. The number of nitrogens with zero attached hydrogens (tertiary/aromatic N) is 1. The summed E-state index contributed by atoms with van der Waals surface area (Å²) in [7, 11) is 3.16. The lowest BCUT2D eigenvalue weighted by Crippen LogP contribution is -2.32. The molecule has 0 N–H and O–H groups in total. The number of carbonyl (C=O) groups excluding carboxylic acids is 1. The molecule has 1 heterocycles. The maximum Gasteiger partial charge on any atom is 0.258 e. The topological polar surface area (TPSA) is 38.8 Å². The van der Waals surface area contributed by atoms with E-state index in [4.69, 9.17) is 9.47 Å². The van der Waals surface area contributed by atoms with Crippen LogP contribution in [0.2, 0.25) is 0 Å². The van der Waals surface area contributed by atoms with E-state index >= 15 is 0 Å². The quantitative estimate of drug-likeness (QED) is 0.852. The van der Waals surface area contributed by atoms with Crippen LogP contribution in [0.4, 0.5) is 5.69 Å². The Kier molecular flexibility index (Phi) is 4.74. The SMILES string of the molecule is CO[C@@H]1CN(c2cccc(Cc3ccccc3)c2)C(=O)[C@@H]1OC. The molecule has 0 saturated carbocycles. The van der Waals surface area contributed by atoms with Crippen LogP contribution in [0, 0.1) is 0 Å². The number of carbonyl (C=O) groups is 1. The number of rotatable bonds is 5. The highest BCUT2D eigenvalue weighted by atomic mass is 16.5. The maximum absolute atomic E-state index is 12.5. The molecular formula is C19H21NO3. The lowest BCUT2D eigenvalue weighted by molar-refractivity contribution is -0.129. The summed E-state index contributed by atoms with van der Waals surface area (Å²) in [6, 6.07) is 18.4. The monoisotopic (exact) mass is 311 g/mol. The molecule has 1 aliphatic rings. The molecule has 1 saturated heterocycles. The Balaban J connectivity index is 1.81. The molecule has 0 aromatic heterocycles. The fourth-order valence-electron chi connectivity index (χ4n) is 3.03. The maximum atomic E-state index is 12.5. The predicted molar refractivity (Wildman–Crippen MR) is 89.6 cm³/mol. The van der Waals surface area contributed by atoms with Gasteiger partial charge in [0.05, 0.1) is 6.54 Å². The molecule has 0 spiro atoms. The number of hydrogen-bond acceptors (Lipinski definition) is 3. The molecule has 3 rings (SSSR count). The number of anilines is 1. The number of benzene rings is 2. The largest absolute Gasteiger partial charge is 0.376 e. The highest BCUT2D eigenvalue weighted by Crippen LogP contribution is 2.26. The Bertz CT molecular complexity index is 671. The summed E-state index contributed by atoms with van der Waals surface area (Å²) >= 11 is 0. The van der Waals surface area contributed by atoms with Gasteiger partial charge in [-0.1, -0.05) is 42.5 Å². The van der Waals surface area contributed by atoms with Gasteiger partial charge in [0.25, 0.3) is 5.91 Å². The number of amides is 1. The lowest BCUT2D eigenvalue weighted by atomic mass is 10.0. The lowest BCUT2D eigenvalue weighted by Gasteiger charge is -2.17. The van der Waals surface area contributed by atoms with Gasteiger partial charge in [0.2, 0.25) is 0 Å². The molecule has 2 aromatic rings. The molecule has 4 nitrogen and oxygen atoms in total. The van der Waals surface area contributed by atoms with E-state index in [9.17, 15) is 4.79 Å². The number of methoxy groups -OCH3 is 2. The van der Waals surface area contributed by atoms with Gasteiger partial charge in [0.1, 0.15) is 6.10 Å². The van der Waals surface area contributed by atoms with Gasteiger partial charge in [-0.15, -0.1) is 0 Å². The van der Waals surface area contributed by atoms with Gasteiger partial charge in [0.15, 0.2) is 6.10 Å². The third kappa shape index (κ3) is 3.28. The van der Waals surface area contributed by atoms with Crippen molar-refractivity contribution in [2.75, 3.05) is 25.7 Å². The summed E-state index contributed by atoms with van der Waals surface area (Å²) in [6.07, 6.45) is 0.0843. The van der Waals surface area contributed by atoms with E-state index in [2.05, 4.69) is 24.3 Å². The molecule has 4 heteroatoms. The Hall–Kier alpha value is -2.17. The molecule has 1 fully saturated rings. The molecule has 1 amide bonds. The van der Waals surface area contributed by atoms with Crippen LogP contribution in [0.15, 0.2) is 54.6 Å². The molecule has 0 radical (unpaired) electrons. The fraction of sp³-hybridized carbons (Fsp3) is 0.316. The third-order valence-electron chi connectivity index (χ3n) is 4.24. The summed E-state index contributed by atoms with van der Waals surface area (Å²) in [5.74, 6) is -0.0452. The zero-order valence-electron chi connectivity index (χ0n) is 13.4. The summed E-state index contributed by atoms with van der Waals surface area (Å²) in [5, 5.41) is 0. The molecule has 2 atom stereocenters. The van der Waals surface area contributed by atoms with Gasteiger partial charge in [-0.05, 0) is 29.7 Å². The van der Waals surface area contributed by atoms with Crippen molar-refractivity contribution >= 4 is 11.6 Å². The molecule has 0 unspecified atom stereocenters. The van der Waals surface area contributed by atoms with Crippen molar-refractivity contribution in [3.8, 4) is 0 Å². The second kappa shape index (κ2) is 6.94. The first-order chi connectivity index (χ1) is 11.2. The Labute approximate surface area is 136 Å². The third-order valence-corrected chi connectivity index (χ3v) is 4.24. The smallest absolute Gasteiger partial charge is 0.258 e. The highest BCUT2D eigenvalue weighted by molar-refractivity contribution is 5.99. The van der Waals surface area contributed by atoms with Crippen molar-refractivity contribution in [3.63, 3.8) is 0 Å². The van der Waals surface area contributed by atoms with Crippen molar-refractivity contribution in [2.45, 2.75) is 18.6 Å². The van der Waals surface area contributed by atoms with Crippen LogP contribution in [-0.4, -0.2) is 38.9 Å². The predicted octanol–water partition coefficient (Wildman–Crippen LogP) is 2.65. The van der Waals surface area contributed by atoms with Crippen molar-refractivity contribution in [3.05, 3.63) is 65.7 Å². The van der Waals surface area contributed by atoms with E-state index in [-0.39, 0.29) is 12.0 Å². The average Bonchev–Trinajstić information content (AvgIpc) is 2.92. The van der Waals surface area contributed by atoms with Crippen molar-refractivity contribution in [1.29, 1.82) is 0 Å². The van der Waals surface area contributed by atoms with Gasteiger partial charge in [0, 0.05) is 19.9 Å². The van der Waals surface area contributed by atoms with Crippen LogP contribution in [0.5, 0.6) is 0 Å². The van der Waals surface area contributed by atoms with Gasteiger partial charge in [-0.2, -0.15) is 0 Å². The minimum atomic E-state index is -0.530. The molecule has 0 aliphatic carbocycles. The Morgan fingerprint density at radius 2 is 1.74 bits per heavy atom. The number of hydrogen-bond donors (Lipinski definition) is 0. The first-order valence-corrected chi connectivity index (χ1v) is 7.72.